The number of rotatable bonds is 3. The highest BCUT2D eigenvalue weighted by atomic mass is 16.3. The molecule has 3 unspecified atom stereocenters. The van der Waals surface area contributed by atoms with Gasteiger partial charge in [-0.25, -0.2) is 0 Å². The molecule has 2 heteroatoms. The standard InChI is InChI=1S/C12H19NO/c1-2-3-4-7-13-8-10-5-6-12(14)11(10)9-13/h1,10-12,14H,3-9H2. The fourth-order valence-electron chi connectivity index (χ4n) is 2.92. The maximum absolute atomic E-state index is 9.73. The zero-order valence-corrected chi connectivity index (χ0v) is 8.65. The summed E-state index contributed by atoms with van der Waals surface area (Å²) in [7, 11) is 0. The van der Waals surface area contributed by atoms with Crippen LogP contribution in [0.3, 0.4) is 0 Å². The van der Waals surface area contributed by atoms with Crippen molar-refractivity contribution in [2.24, 2.45) is 11.8 Å². The molecule has 2 nitrogen and oxygen atoms in total. The quantitative estimate of drug-likeness (QED) is 0.536. The highest BCUT2D eigenvalue weighted by Gasteiger charge is 2.41. The van der Waals surface area contributed by atoms with Crippen LogP contribution in [0.1, 0.15) is 25.7 Å². The van der Waals surface area contributed by atoms with Gasteiger partial charge in [-0.3, -0.25) is 0 Å². The van der Waals surface area contributed by atoms with Gasteiger partial charge in [-0.15, -0.1) is 12.3 Å². The van der Waals surface area contributed by atoms with E-state index in [9.17, 15) is 5.11 Å². The van der Waals surface area contributed by atoms with Crippen molar-refractivity contribution in [2.45, 2.75) is 31.8 Å². The molecule has 0 aromatic carbocycles. The lowest BCUT2D eigenvalue weighted by atomic mass is 10.00. The molecule has 0 amide bonds. The van der Waals surface area contributed by atoms with Gasteiger partial charge in [-0.1, -0.05) is 0 Å². The van der Waals surface area contributed by atoms with Crippen molar-refractivity contribution < 1.29 is 5.11 Å². The highest BCUT2D eigenvalue weighted by molar-refractivity contribution is 4.93. The van der Waals surface area contributed by atoms with Gasteiger partial charge in [0.15, 0.2) is 0 Å². The number of aliphatic hydroxyl groups excluding tert-OH is 1. The molecule has 1 aliphatic heterocycles. The van der Waals surface area contributed by atoms with Gasteiger partial charge in [-0.05, 0) is 31.7 Å². The van der Waals surface area contributed by atoms with E-state index in [0.29, 0.717) is 5.92 Å². The molecule has 1 saturated carbocycles. The molecule has 1 N–H and O–H groups in total. The Kier molecular flexibility index (Phi) is 3.10. The third kappa shape index (κ3) is 1.94. The summed E-state index contributed by atoms with van der Waals surface area (Å²) in [5.74, 6) is 3.99. The van der Waals surface area contributed by atoms with Gasteiger partial charge in [0.25, 0.3) is 0 Å². The summed E-state index contributed by atoms with van der Waals surface area (Å²) in [6, 6.07) is 0. The molecule has 0 aromatic rings. The van der Waals surface area contributed by atoms with Crippen molar-refractivity contribution in [3.8, 4) is 12.3 Å². The van der Waals surface area contributed by atoms with Gasteiger partial charge in [0.2, 0.25) is 0 Å². The monoisotopic (exact) mass is 193 g/mol. The Bertz CT molecular complexity index is 233. The first-order valence-electron chi connectivity index (χ1n) is 5.65. The second-order valence-corrected chi connectivity index (χ2v) is 4.64. The molecule has 0 spiro atoms. The molecule has 0 radical (unpaired) electrons. The van der Waals surface area contributed by atoms with E-state index in [1.54, 1.807) is 0 Å². The van der Waals surface area contributed by atoms with Crippen molar-refractivity contribution in [3.05, 3.63) is 0 Å². The van der Waals surface area contributed by atoms with Gasteiger partial charge in [0, 0.05) is 25.4 Å². The topological polar surface area (TPSA) is 23.5 Å². The van der Waals surface area contributed by atoms with E-state index in [0.717, 1.165) is 38.3 Å². The van der Waals surface area contributed by atoms with E-state index in [1.807, 2.05) is 0 Å². The third-order valence-corrected chi connectivity index (χ3v) is 3.69. The molecular formula is C12H19NO. The molecule has 3 atom stereocenters. The average molecular weight is 193 g/mol. The Morgan fingerprint density at radius 1 is 1.36 bits per heavy atom. The van der Waals surface area contributed by atoms with E-state index in [2.05, 4.69) is 10.8 Å². The van der Waals surface area contributed by atoms with Crippen molar-refractivity contribution in [3.63, 3.8) is 0 Å². The number of fused-ring (bicyclic) bond motifs is 1. The minimum atomic E-state index is -0.0300. The largest absolute Gasteiger partial charge is 0.393 e. The summed E-state index contributed by atoms with van der Waals surface area (Å²) >= 11 is 0. The summed E-state index contributed by atoms with van der Waals surface area (Å²) in [5, 5.41) is 9.73. The van der Waals surface area contributed by atoms with Crippen LogP contribution < -0.4 is 0 Å². The molecule has 1 saturated heterocycles. The van der Waals surface area contributed by atoms with Crippen molar-refractivity contribution >= 4 is 0 Å². The van der Waals surface area contributed by atoms with Crippen LogP contribution in [-0.2, 0) is 0 Å². The van der Waals surface area contributed by atoms with Crippen LogP contribution in [0.4, 0.5) is 0 Å². The molecule has 2 fully saturated rings. The molecule has 1 aliphatic carbocycles. The Hall–Kier alpha value is -0.520. The van der Waals surface area contributed by atoms with Crippen LogP contribution in [0.2, 0.25) is 0 Å². The summed E-state index contributed by atoms with van der Waals surface area (Å²) < 4.78 is 0. The van der Waals surface area contributed by atoms with Crippen LogP contribution in [-0.4, -0.2) is 35.7 Å². The zero-order valence-electron chi connectivity index (χ0n) is 8.65. The summed E-state index contributed by atoms with van der Waals surface area (Å²) in [5.41, 5.74) is 0. The van der Waals surface area contributed by atoms with Crippen LogP contribution >= 0.6 is 0 Å². The lowest BCUT2D eigenvalue weighted by Crippen LogP contribution is -2.25. The van der Waals surface area contributed by atoms with Crippen LogP contribution in [0.5, 0.6) is 0 Å². The first-order chi connectivity index (χ1) is 6.81. The van der Waals surface area contributed by atoms with E-state index >= 15 is 0 Å². The molecule has 2 rings (SSSR count). The molecule has 14 heavy (non-hydrogen) atoms. The number of aliphatic hydroxyl groups is 1. The normalized spacial score (nSPS) is 37.0. The predicted molar refractivity (Wildman–Crippen MR) is 56.7 cm³/mol. The van der Waals surface area contributed by atoms with E-state index in [4.69, 9.17) is 6.42 Å². The van der Waals surface area contributed by atoms with E-state index in [-0.39, 0.29) is 6.10 Å². The molecule has 0 aromatic heterocycles. The predicted octanol–water partition coefficient (Wildman–Crippen LogP) is 1.10. The van der Waals surface area contributed by atoms with E-state index < -0.39 is 0 Å². The van der Waals surface area contributed by atoms with Gasteiger partial charge < -0.3 is 10.0 Å². The van der Waals surface area contributed by atoms with Crippen LogP contribution in [0.15, 0.2) is 0 Å². The molecule has 78 valence electrons. The van der Waals surface area contributed by atoms with Gasteiger partial charge >= 0.3 is 0 Å². The minimum absolute atomic E-state index is 0.0300. The fraction of sp³-hybridized carbons (Fsp3) is 0.833. The average Bonchev–Trinajstić information content (AvgIpc) is 2.70. The first kappa shape index (κ1) is 10.0. The maximum atomic E-state index is 9.73. The minimum Gasteiger partial charge on any atom is -0.393 e. The number of likely N-dealkylation sites (tertiary alicyclic amines) is 1. The summed E-state index contributed by atoms with van der Waals surface area (Å²) in [4.78, 5) is 2.47. The van der Waals surface area contributed by atoms with Crippen LogP contribution in [0.25, 0.3) is 0 Å². The Labute approximate surface area is 86.3 Å². The number of hydrogen-bond donors (Lipinski definition) is 1. The summed E-state index contributed by atoms with van der Waals surface area (Å²) in [6.45, 7) is 3.40. The van der Waals surface area contributed by atoms with Crippen LogP contribution in [0, 0.1) is 24.2 Å². The van der Waals surface area contributed by atoms with E-state index in [1.165, 1.54) is 13.0 Å². The summed E-state index contributed by atoms with van der Waals surface area (Å²) in [6.07, 6.45) is 9.42. The van der Waals surface area contributed by atoms with Gasteiger partial charge in [-0.2, -0.15) is 0 Å². The maximum Gasteiger partial charge on any atom is 0.0583 e. The Morgan fingerprint density at radius 2 is 2.21 bits per heavy atom. The van der Waals surface area contributed by atoms with Crippen molar-refractivity contribution in [2.75, 3.05) is 19.6 Å². The second-order valence-electron chi connectivity index (χ2n) is 4.64. The molecule has 1 heterocycles. The third-order valence-electron chi connectivity index (χ3n) is 3.69. The number of nitrogens with zero attached hydrogens (tertiary/aromatic N) is 1. The number of terminal acetylenes is 1. The fourth-order valence-corrected chi connectivity index (χ4v) is 2.92. The Balaban J connectivity index is 1.76. The van der Waals surface area contributed by atoms with Crippen molar-refractivity contribution in [1.29, 1.82) is 0 Å². The molecular weight excluding hydrogens is 174 g/mol. The first-order valence-corrected chi connectivity index (χ1v) is 5.65. The molecule has 0 bridgehead atoms. The zero-order chi connectivity index (χ0) is 9.97. The Morgan fingerprint density at radius 3 is 2.93 bits per heavy atom. The molecule has 2 aliphatic rings. The number of hydrogen-bond acceptors (Lipinski definition) is 2. The van der Waals surface area contributed by atoms with Crippen molar-refractivity contribution in [1.82, 2.24) is 4.90 Å². The number of unbranched alkanes of at least 4 members (excludes halogenated alkanes) is 1. The lowest BCUT2D eigenvalue weighted by molar-refractivity contribution is 0.124. The lowest BCUT2D eigenvalue weighted by Gasteiger charge is -2.16. The van der Waals surface area contributed by atoms with Gasteiger partial charge in [0.1, 0.15) is 0 Å². The smallest absolute Gasteiger partial charge is 0.0583 e. The SMILES string of the molecule is C#CCCCN1CC2CCC(O)C2C1. The van der Waals surface area contributed by atoms with Gasteiger partial charge in [0.05, 0.1) is 6.10 Å². The second kappa shape index (κ2) is 4.33. The highest BCUT2D eigenvalue weighted by Crippen LogP contribution is 2.37.